The van der Waals surface area contributed by atoms with E-state index in [1.54, 1.807) is 18.2 Å². The molecule has 1 heterocycles. The van der Waals surface area contributed by atoms with Gasteiger partial charge in [0.15, 0.2) is 0 Å². The highest BCUT2D eigenvalue weighted by atomic mass is 16.3. The van der Waals surface area contributed by atoms with Crippen LogP contribution in [0.5, 0.6) is 5.75 Å². The van der Waals surface area contributed by atoms with E-state index in [2.05, 4.69) is 13.8 Å². The van der Waals surface area contributed by atoms with Gasteiger partial charge in [0.05, 0.1) is 24.5 Å². The lowest BCUT2D eigenvalue weighted by molar-refractivity contribution is -0.140. The summed E-state index contributed by atoms with van der Waals surface area (Å²) in [5.41, 5.74) is 3.87. The number of aliphatic hydroxyl groups is 2. The van der Waals surface area contributed by atoms with Gasteiger partial charge < -0.3 is 15.3 Å². The summed E-state index contributed by atoms with van der Waals surface area (Å²) in [5, 5.41) is 31.4. The topological polar surface area (TPSA) is 98.1 Å². The van der Waals surface area contributed by atoms with Crippen molar-refractivity contribution in [1.29, 1.82) is 0 Å². The normalized spacial score (nSPS) is 24.1. The number of imide groups is 1. The molecule has 1 saturated heterocycles. The van der Waals surface area contributed by atoms with Crippen molar-refractivity contribution in [3.05, 3.63) is 46.5 Å². The number of hydrogen-bond acceptors (Lipinski definition) is 5. The Balaban J connectivity index is 1.85. The zero-order valence-corrected chi connectivity index (χ0v) is 20.7. The summed E-state index contributed by atoms with van der Waals surface area (Å²) >= 11 is 0. The Morgan fingerprint density at radius 2 is 1.94 bits per heavy atom. The number of phenolic OH excluding ortho intramolecular Hbond substituents is 1. The number of phenols is 1. The van der Waals surface area contributed by atoms with Crippen LogP contribution in [0, 0.1) is 17.8 Å². The third-order valence-corrected chi connectivity index (χ3v) is 7.26. The highest BCUT2D eigenvalue weighted by Crippen LogP contribution is 2.47. The number of aromatic hydroxyl groups is 1. The molecule has 2 amide bonds. The van der Waals surface area contributed by atoms with E-state index in [1.807, 2.05) is 19.1 Å². The third-order valence-electron chi connectivity index (χ3n) is 7.26. The number of likely N-dealkylation sites (tertiary alicyclic amines) is 1. The quantitative estimate of drug-likeness (QED) is 0.329. The van der Waals surface area contributed by atoms with Crippen LogP contribution in [-0.4, -0.2) is 51.3 Å². The van der Waals surface area contributed by atoms with Crippen molar-refractivity contribution in [2.24, 2.45) is 17.8 Å². The zero-order chi connectivity index (χ0) is 24.8. The molecule has 0 saturated carbocycles. The minimum Gasteiger partial charge on any atom is -0.508 e. The van der Waals surface area contributed by atoms with Crippen molar-refractivity contribution in [1.82, 2.24) is 4.90 Å². The fourth-order valence-corrected chi connectivity index (χ4v) is 5.69. The molecule has 186 valence electrons. The number of rotatable bonds is 11. The first kappa shape index (κ1) is 26.2. The van der Waals surface area contributed by atoms with Gasteiger partial charge in [0.2, 0.25) is 11.8 Å². The predicted molar refractivity (Wildman–Crippen MR) is 133 cm³/mol. The van der Waals surface area contributed by atoms with Crippen LogP contribution in [-0.2, 0) is 9.59 Å². The summed E-state index contributed by atoms with van der Waals surface area (Å²) < 4.78 is 0. The average Bonchev–Trinajstić information content (AvgIpc) is 3.05. The van der Waals surface area contributed by atoms with E-state index in [4.69, 9.17) is 0 Å². The number of allylic oxidation sites excluding steroid dienone is 2. The van der Waals surface area contributed by atoms with Crippen LogP contribution in [0.1, 0.15) is 71.3 Å². The maximum atomic E-state index is 13.1. The summed E-state index contributed by atoms with van der Waals surface area (Å²) in [6, 6.07) is 7.08. The molecular formula is C28H39NO5. The molecule has 3 rings (SSSR count). The second-order valence-corrected chi connectivity index (χ2v) is 9.57. The summed E-state index contributed by atoms with van der Waals surface area (Å²) in [6.45, 7) is 6.23. The molecule has 6 nitrogen and oxygen atoms in total. The van der Waals surface area contributed by atoms with E-state index in [0.717, 1.165) is 41.5 Å². The zero-order valence-electron chi connectivity index (χ0n) is 20.7. The molecule has 3 N–H and O–H groups in total. The summed E-state index contributed by atoms with van der Waals surface area (Å²) in [4.78, 5) is 27.5. The van der Waals surface area contributed by atoms with Gasteiger partial charge in [-0.3, -0.25) is 14.5 Å². The largest absolute Gasteiger partial charge is 0.508 e. The molecule has 0 aromatic heterocycles. The maximum Gasteiger partial charge on any atom is 0.233 e. The minimum absolute atomic E-state index is 0.125. The summed E-state index contributed by atoms with van der Waals surface area (Å²) in [5.74, 6) is -1.63. The van der Waals surface area contributed by atoms with E-state index in [0.29, 0.717) is 32.2 Å². The van der Waals surface area contributed by atoms with Gasteiger partial charge in [0.25, 0.3) is 0 Å². The fraction of sp³-hybridized carbons (Fsp3) is 0.571. The van der Waals surface area contributed by atoms with Gasteiger partial charge in [-0.2, -0.15) is 0 Å². The van der Waals surface area contributed by atoms with E-state index in [1.165, 1.54) is 4.90 Å². The Morgan fingerprint density at radius 3 is 2.56 bits per heavy atom. The standard InChI is InChI=1S/C28H39NO5/c1-4-8-20-16-22-26(28(34)29(13-5-2)27(22)33)23(17-30)25(20)24(32)12-11-18(6-3)14-19-9-7-10-21(31)15-19/h7,9-10,14-15,22-24,26,30-32H,4-6,8,11-13,16-17H2,1-3H3/b18-14+/t22-,23+,24-,26-/m1/s1. The van der Waals surface area contributed by atoms with Crippen molar-refractivity contribution >= 4 is 17.9 Å². The number of amides is 2. The predicted octanol–water partition coefficient (Wildman–Crippen LogP) is 4.45. The molecule has 0 radical (unpaired) electrons. The molecule has 1 aliphatic carbocycles. The van der Waals surface area contributed by atoms with Gasteiger partial charge in [0, 0.05) is 12.5 Å². The van der Waals surface area contributed by atoms with Gasteiger partial charge in [-0.1, -0.05) is 56.5 Å². The lowest BCUT2D eigenvalue weighted by atomic mass is 9.67. The van der Waals surface area contributed by atoms with Crippen molar-refractivity contribution < 1.29 is 24.9 Å². The lowest BCUT2D eigenvalue weighted by Gasteiger charge is -2.36. The van der Waals surface area contributed by atoms with Crippen LogP contribution in [0.3, 0.4) is 0 Å². The Morgan fingerprint density at radius 1 is 1.18 bits per heavy atom. The first-order valence-electron chi connectivity index (χ1n) is 12.7. The second-order valence-electron chi connectivity index (χ2n) is 9.57. The molecule has 6 heteroatoms. The van der Waals surface area contributed by atoms with E-state index in [-0.39, 0.29) is 24.2 Å². The number of nitrogens with zero attached hydrogens (tertiary/aromatic N) is 1. The molecule has 1 aromatic carbocycles. The van der Waals surface area contributed by atoms with Crippen LogP contribution in [0.15, 0.2) is 41.0 Å². The van der Waals surface area contributed by atoms with E-state index >= 15 is 0 Å². The first-order chi connectivity index (χ1) is 16.4. The average molecular weight is 470 g/mol. The molecule has 1 aromatic rings. The highest BCUT2D eigenvalue weighted by molar-refractivity contribution is 6.05. The molecule has 0 bridgehead atoms. The van der Waals surface area contributed by atoms with Crippen molar-refractivity contribution in [3.8, 4) is 5.75 Å². The smallest absolute Gasteiger partial charge is 0.233 e. The van der Waals surface area contributed by atoms with Crippen LogP contribution in [0.2, 0.25) is 0 Å². The number of benzene rings is 1. The minimum atomic E-state index is -0.776. The fourth-order valence-electron chi connectivity index (χ4n) is 5.69. The number of carbonyl (C=O) groups is 2. The van der Waals surface area contributed by atoms with Gasteiger partial charge in [-0.25, -0.2) is 0 Å². The molecule has 34 heavy (non-hydrogen) atoms. The van der Waals surface area contributed by atoms with Crippen molar-refractivity contribution in [2.45, 2.75) is 71.8 Å². The molecule has 1 fully saturated rings. The van der Waals surface area contributed by atoms with E-state index in [9.17, 15) is 24.9 Å². The first-order valence-corrected chi connectivity index (χ1v) is 12.7. The third kappa shape index (κ3) is 5.44. The highest BCUT2D eigenvalue weighted by Gasteiger charge is 2.54. The second kappa shape index (κ2) is 11.8. The van der Waals surface area contributed by atoms with Crippen molar-refractivity contribution in [3.63, 3.8) is 0 Å². The SMILES string of the molecule is CCCC1=C([C@H](O)CC/C(=C/c2cccc(O)c2)CC)[C@H](CO)[C@@H]2C(=O)N(CCC)C(=O)[C@@H]2C1. The van der Waals surface area contributed by atoms with Gasteiger partial charge in [-0.15, -0.1) is 0 Å². The Bertz CT molecular complexity index is 950. The molecule has 0 unspecified atom stereocenters. The molecule has 1 aliphatic heterocycles. The number of hydrogen-bond donors (Lipinski definition) is 3. The monoisotopic (exact) mass is 469 g/mol. The lowest BCUT2D eigenvalue weighted by Crippen LogP contribution is -2.39. The van der Waals surface area contributed by atoms with E-state index < -0.39 is 23.9 Å². The van der Waals surface area contributed by atoms with Crippen molar-refractivity contribution in [2.75, 3.05) is 13.2 Å². The number of carbonyl (C=O) groups excluding carboxylic acids is 2. The van der Waals surface area contributed by atoms with Gasteiger partial charge in [-0.05, 0) is 61.8 Å². The molecule has 0 spiro atoms. The van der Waals surface area contributed by atoms with Crippen LogP contribution in [0.4, 0.5) is 0 Å². The Hall–Kier alpha value is -2.44. The molecule has 2 aliphatic rings. The number of fused-ring (bicyclic) bond motifs is 1. The summed E-state index contributed by atoms with van der Waals surface area (Å²) in [6.07, 6.45) is 6.05. The maximum absolute atomic E-state index is 13.1. The Kier molecular flexibility index (Phi) is 9.09. The van der Waals surface area contributed by atoms with Crippen LogP contribution < -0.4 is 0 Å². The molecular weight excluding hydrogens is 430 g/mol. The number of aliphatic hydroxyl groups excluding tert-OH is 2. The van der Waals surface area contributed by atoms with Crippen LogP contribution in [0.25, 0.3) is 6.08 Å². The van der Waals surface area contributed by atoms with Gasteiger partial charge >= 0.3 is 0 Å². The molecule has 4 atom stereocenters. The van der Waals surface area contributed by atoms with Crippen LogP contribution >= 0.6 is 0 Å². The Labute approximate surface area is 203 Å². The summed E-state index contributed by atoms with van der Waals surface area (Å²) in [7, 11) is 0. The van der Waals surface area contributed by atoms with Gasteiger partial charge in [0.1, 0.15) is 5.75 Å².